The minimum Gasteiger partial charge on any atom is -0.358 e. The Morgan fingerprint density at radius 1 is 1.07 bits per heavy atom. The molecule has 0 radical (unpaired) electrons. The smallest absolute Gasteiger partial charge is 0.295 e. The third kappa shape index (κ3) is 3.27. The van der Waals surface area contributed by atoms with Gasteiger partial charge in [-0.15, -0.1) is 0 Å². The summed E-state index contributed by atoms with van der Waals surface area (Å²) in [4.78, 5) is 29.2. The van der Waals surface area contributed by atoms with Gasteiger partial charge in [0.05, 0.1) is 17.8 Å². The molecule has 148 valence electrons. The van der Waals surface area contributed by atoms with Crippen molar-refractivity contribution in [1.82, 2.24) is 14.3 Å². The molecule has 0 spiro atoms. The fourth-order valence-corrected chi connectivity index (χ4v) is 3.78. The molecular weight excluding hydrogens is 364 g/mol. The summed E-state index contributed by atoms with van der Waals surface area (Å²) >= 11 is 0. The van der Waals surface area contributed by atoms with Crippen LogP contribution in [0.4, 0.5) is 5.69 Å². The summed E-state index contributed by atoms with van der Waals surface area (Å²) in [6, 6.07) is 15.5. The Balaban J connectivity index is 1.66. The zero-order valence-electron chi connectivity index (χ0n) is 17.0. The fourth-order valence-electron chi connectivity index (χ4n) is 3.78. The number of carbonyl (C=O) groups is 1. The topological polar surface area (TPSA) is 71.8 Å². The number of para-hydroxylation sites is 1. The van der Waals surface area contributed by atoms with E-state index in [1.165, 1.54) is 0 Å². The zero-order valence-corrected chi connectivity index (χ0v) is 17.0. The van der Waals surface area contributed by atoms with Gasteiger partial charge in [-0.2, -0.15) is 0 Å². The van der Waals surface area contributed by atoms with E-state index in [4.69, 9.17) is 0 Å². The van der Waals surface area contributed by atoms with Gasteiger partial charge >= 0.3 is 0 Å². The lowest BCUT2D eigenvalue weighted by atomic mass is 10.1. The molecule has 6 nitrogen and oxygen atoms in total. The number of benzene rings is 2. The van der Waals surface area contributed by atoms with Crippen LogP contribution in [0, 0.1) is 20.8 Å². The van der Waals surface area contributed by atoms with Gasteiger partial charge in [0.25, 0.3) is 5.56 Å². The number of hydrogen-bond acceptors (Lipinski definition) is 2. The van der Waals surface area contributed by atoms with E-state index in [-0.39, 0.29) is 17.9 Å². The number of fused-ring (bicyclic) bond motifs is 1. The number of amides is 1. The van der Waals surface area contributed by atoms with E-state index in [1.54, 1.807) is 9.36 Å². The van der Waals surface area contributed by atoms with Crippen molar-refractivity contribution in [3.63, 3.8) is 0 Å². The molecule has 1 amide bonds. The number of aromatic nitrogens is 3. The van der Waals surface area contributed by atoms with Crippen LogP contribution in [-0.2, 0) is 18.3 Å². The molecule has 0 aliphatic carbocycles. The van der Waals surface area contributed by atoms with E-state index in [0.29, 0.717) is 11.4 Å². The van der Waals surface area contributed by atoms with Gasteiger partial charge in [0, 0.05) is 23.6 Å². The first-order valence-corrected chi connectivity index (χ1v) is 9.58. The molecule has 2 N–H and O–H groups in total. The molecule has 0 fully saturated rings. The van der Waals surface area contributed by atoms with Crippen LogP contribution in [0.2, 0.25) is 0 Å². The van der Waals surface area contributed by atoms with Gasteiger partial charge in [-0.3, -0.25) is 14.3 Å². The van der Waals surface area contributed by atoms with E-state index < -0.39 is 0 Å². The quantitative estimate of drug-likeness (QED) is 0.559. The highest BCUT2D eigenvalue weighted by Gasteiger charge is 2.19. The van der Waals surface area contributed by atoms with Gasteiger partial charge < -0.3 is 10.3 Å². The molecule has 0 bridgehead atoms. The van der Waals surface area contributed by atoms with Crippen LogP contribution in [0.25, 0.3) is 16.6 Å². The van der Waals surface area contributed by atoms with Crippen molar-refractivity contribution < 1.29 is 4.79 Å². The van der Waals surface area contributed by atoms with Crippen molar-refractivity contribution in [2.75, 3.05) is 5.32 Å². The maximum absolute atomic E-state index is 13.0. The average molecular weight is 388 g/mol. The second kappa shape index (κ2) is 7.13. The number of hydrogen-bond donors (Lipinski definition) is 2. The number of aryl methyl sites for hydroxylation is 2. The molecular formula is C23H24N4O2. The summed E-state index contributed by atoms with van der Waals surface area (Å²) in [5, 5.41) is 3.89. The highest BCUT2D eigenvalue weighted by Crippen LogP contribution is 2.24. The number of nitrogens with zero attached hydrogens (tertiary/aromatic N) is 2. The zero-order chi connectivity index (χ0) is 20.7. The average Bonchev–Trinajstić information content (AvgIpc) is 3.11. The Hall–Kier alpha value is -3.54. The molecule has 6 heteroatoms. The number of H-pyrrole nitrogens is 1. The summed E-state index contributed by atoms with van der Waals surface area (Å²) in [5.74, 6) is -0.207. The van der Waals surface area contributed by atoms with Crippen molar-refractivity contribution in [1.29, 1.82) is 0 Å². The highest BCUT2D eigenvalue weighted by atomic mass is 16.2. The lowest BCUT2D eigenvalue weighted by Crippen LogP contribution is -2.23. The fraction of sp³-hybridized carbons (Fsp3) is 0.217. The van der Waals surface area contributed by atoms with Gasteiger partial charge in [0.1, 0.15) is 5.69 Å². The highest BCUT2D eigenvalue weighted by molar-refractivity contribution is 5.96. The first-order valence-electron chi connectivity index (χ1n) is 9.58. The molecule has 0 unspecified atom stereocenters. The van der Waals surface area contributed by atoms with E-state index in [9.17, 15) is 9.59 Å². The monoisotopic (exact) mass is 388 g/mol. The lowest BCUT2D eigenvalue weighted by molar-refractivity contribution is -0.115. The predicted octanol–water partition coefficient (Wildman–Crippen LogP) is 3.76. The van der Waals surface area contributed by atoms with Crippen LogP contribution in [0.15, 0.2) is 53.3 Å². The molecule has 0 atom stereocenters. The Bertz CT molecular complexity index is 1280. The molecule has 2 aromatic carbocycles. The maximum atomic E-state index is 13.0. The van der Waals surface area contributed by atoms with Gasteiger partial charge in [-0.1, -0.05) is 29.8 Å². The van der Waals surface area contributed by atoms with Crippen LogP contribution in [0.5, 0.6) is 0 Å². The third-order valence-electron chi connectivity index (χ3n) is 5.43. The summed E-state index contributed by atoms with van der Waals surface area (Å²) in [6.07, 6.45) is 0.203. The van der Waals surface area contributed by atoms with Crippen LogP contribution in [0.1, 0.15) is 22.5 Å². The van der Waals surface area contributed by atoms with Crippen molar-refractivity contribution >= 4 is 22.5 Å². The summed E-state index contributed by atoms with van der Waals surface area (Å²) < 4.78 is 3.32. The molecule has 0 aliphatic rings. The Labute approximate surface area is 168 Å². The second-order valence-corrected chi connectivity index (χ2v) is 7.44. The van der Waals surface area contributed by atoms with Crippen LogP contribution in [0.3, 0.4) is 0 Å². The molecule has 0 aliphatic heterocycles. The molecule has 2 aromatic heterocycles. The summed E-state index contributed by atoms with van der Waals surface area (Å²) in [7, 11) is 1.81. The molecule has 29 heavy (non-hydrogen) atoms. The number of anilines is 1. The number of nitrogens with one attached hydrogen (secondary N) is 2. The Morgan fingerprint density at radius 3 is 2.52 bits per heavy atom. The second-order valence-electron chi connectivity index (χ2n) is 7.44. The normalized spacial score (nSPS) is 11.2. The Morgan fingerprint density at radius 2 is 1.79 bits per heavy atom. The van der Waals surface area contributed by atoms with Gasteiger partial charge in [-0.25, -0.2) is 4.68 Å². The maximum Gasteiger partial charge on any atom is 0.295 e. The molecule has 4 aromatic rings. The van der Waals surface area contributed by atoms with Crippen molar-refractivity contribution in [2.45, 2.75) is 27.2 Å². The van der Waals surface area contributed by atoms with Crippen LogP contribution in [-0.4, -0.2) is 20.3 Å². The van der Waals surface area contributed by atoms with Gasteiger partial charge in [0.15, 0.2) is 0 Å². The SMILES string of the molecule is Cc1ccc2[nH]c(C)c(CC(=O)Nc3c(C)n(C)n(-c4ccccc4)c3=O)c2c1. The number of aromatic amines is 1. The van der Waals surface area contributed by atoms with Crippen molar-refractivity contribution in [2.24, 2.45) is 7.05 Å². The Kier molecular flexibility index (Phi) is 4.62. The lowest BCUT2D eigenvalue weighted by Gasteiger charge is -2.07. The summed E-state index contributed by atoms with van der Waals surface area (Å²) in [5.41, 5.74) is 5.61. The van der Waals surface area contributed by atoms with E-state index in [2.05, 4.69) is 16.4 Å². The van der Waals surface area contributed by atoms with Crippen LogP contribution >= 0.6 is 0 Å². The predicted molar refractivity (Wildman–Crippen MR) is 116 cm³/mol. The molecule has 0 saturated carbocycles. The minimum absolute atomic E-state index is 0.203. The first kappa shape index (κ1) is 18.8. The van der Waals surface area contributed by atoms with E-state index >= 15 is 0 Å². The van der Waals surface area contributed by atoms with E-state index in [1.807, 2.05) is 70.3 Å². The van der Waals surface area contributed by atoms with Gasteiger partial charge in [-0.05, 0) is 50.6 Å². The van der Waals surface area contributed by atoms with Crippen LogP contribution < -0.4 is 10.9 Å². The number of rotatable bonds is 4. The van der Waals surface area contributed by atoms with E-state index in [0.717, 1.165) is 33.4 Å². The van der Waals surface area contributed by atoms with Gasteiger partial charge in [0.2, 0.25) is 5.91 Å². The largest absolute Gasteiger partial charge is 0.358 e. The standard InChI is InChI=1S/C23H24N4O2/c1-14-10-11-20-19(12-14)18(15(2)24-20)13-21(28)25-22-16(3)26(4)27(23(22)29)17-8-6-5-7-9-17/h5-12,24H,13H2,1-4H3,(H,25,28). The number of carbonyl (C=O) groups excluding carboxylic acids is 1. The molecule has 4 rings (SSSR count). The molecule has 2 heterocycles. The first-order chi connectivity index (χ1) is 13.9. The third-order valence-corrected chi connectivity index (χ3v) is 5.43. The van der Waals surface area contributed by atoms with Crippen molar-refractivity contribution in [3.05, 3.63) is 81.4 Å². The summed E-state index contributed by atoms with van der Waals surface area (Å²) in [6.45, 7) is 5.83. The minimum atomic E-state index is -0.240. The molecule has 0 saturated heterocycles. The van der Waals surface area contributed by atoms with Crippen molar-refractivity contribution in [3.8, 4) is 5.69 Å².